The van der Waals surface area contributed by atoms with Crippen LogP contribution in [-0.4, -0.2) is 103 Å². The highest BCUT2D eigenvalue weighted by Gasteiger charge is 2.36. The third-order valence-electron chi connectivity index (χ3n) is 8.78. The average Bonchev–Trinajstić information content (AvgIpc) is 2.97. The number of piperazine rings is 1. The number of hydrogen-bond donors (Lipinski definition) is 3. The van der Waals surface area contributed by atoms with Gasteiger partial charge in [0.25, 0.3) is 5.91 Å². The van der Waals surface area contributed by atoms with E-state index in [9.17, 15) is 4.79 Å². The van der Waals surface area contributed by atoms with E-state index < -0.39 is 5.91 Å². The lowest BCUT2D eigenvalue weighted by Crippen LogP contribution is -2.60. The number of likely N-dealkylation sites (tertiary alicyclic amines) is 1. The second-order valence-corrected chi connectivity index (χ2v) is 11.5. The summed E-state index contributed by atoms with van der Waals surface area (Å²) in [5.74, 6) is 1.26. The number of nitrogens with one attached hydrogen (secondary N) is 2. The van der Waals surface area contributed by atoms with Gasteiger partial charge in [0.1, 0.15) is 12.4 Å². The predicted octanol–water partition coefficient (Wildman–Crippen LogP) is 2.45. The van der Waals surface area contributed by atoms with Crippen molar-refractivity contribution < 1.29 is 14.3 Å². The summed E-state index contributed by atoms with van der Waals surface area (Å²) in [5, 5.41) is 6.83. The Morgan fingerprint density at radius 2 is 1.85 bits per heavy atom. The van der Waals surface area contributed by atoms with Crippen LogP contribution in [0, 0.1) is 0 Å². The van der Waals surface area contributed by atoms with Crippen molar-refractivity contribution in [2.24, 2.45) is 5.73 Å². The van der Waals surface area contributed by atoms with E-state index in [2.05, 4.69) is 43.4 Å². The van der Waals surface area contributed by atoms with E-state index in [0.717, 1.165) is 68.5 Å². The van der Waals surface area contributed by atoms with Crippen LogP contribution in [0.15, 0.2) is 18.2 Å². The van der Waals surface area contributed by atoms with Crippen molar-refractivity contribution in [1.29, 1.82) is 0 Å². The van der Waals surface area contributed by atoms with Gasteiger partial charge in [0, 0.05) is 56.7 Å². The van der Waals surface area contributed by atoms with E-state index in [1.165, 1.54) is 25.9 Å². The van der Waals surface area contributed by atoms with Crippen molar-refractivity contribution in [3.63, 3.8) is 0 Å². The summed E-state index contributed by atoms with van der Waals surface area (Å²) in [7, 11) is 2.22. The van der Waals surface area contributed by atoms with Gasteiger partial charge in [0.05, 0.1) is 17.4 Å². The van der Waals surface area contributed by atoms with E-state index in [4.69, 9.17) is 20.2 Å². The number of carbonyl (C=O) groups excluding carboxylic acids is 1. The number of fused-ring (bicyclic) bond motifs is 3. The van der Waals surface area contributed by atoms with Crippen LogP contribution in [0.5, 0.6) is 5.75 Å². The Morgan fingerprint density at radius 1 is 1.05 bits per heavy atom. The summed E-state index contributed by atoms with van der Waals surface area (Å²) in [6.07, 6.45) is 4.94. The maximum Gasteiger partial charge on any atom is 0.271 e. The molecule has 6 rings (SSSR count). The molecule has 0 bridgehead atoms. The number of aromatic nitrogens is 2. The molecule has 0 saturated carbocycles. The minimum Gasteiger partial charge on any atom is -0.489 e. The number of carbonyl (C=O) groups is 1. The molecular formula is C29H42N8O3. The third kappa shape index (κ3) is 5.68. The van der Waals surface area contributed by atoms with E-state index >= 15 is 0 Å². The molecule has 216 valence electrons. The lowest BCUT2D eigenvalue weighted by Gasteiger charge is -2.48. The smallest absolute Gasteiger partial charge is 0.271 e. The summed E-state index contributed by atoms with van der Waals surface area (Å²) < 4.78 is 11.8. The first-order chi connectivity index (χ1) is 19.5. The molecule has 5 heterocycles. The molecule has 1 aromatic heterocycles. The van der Waals surface area contributed by atoms with E-state index in [-0.39, 0.29) is 11.7 Å². The standard InChI is InChI=1S/C29H42N8O3/c1-3-23-28(31-19-8-14-39-15-9-19)34-29(26(33-23)27(30)38)32-20-4-5-24-25(16-20)40-18-22-17-36(12-13-37(22)24)21-6-10-35(2)11-7-21/h4-5,16,19,21-22H,3,6-15,17-18H2,1-2H3,(H2,30,38)(H2,31,32,34). The molecule has 2 aromatic rings. The van der Waals surface area contributed by atoms with Gasteiger partial charge in [-0.3, -0.25) is 9.69 Å². The summed E-state index contributed by atoms with van der Waals surface area (Å²) >= 11 is 0. The Hall–Kier alpha value is -3.15. The number of nitrogens with two attached hydrogens (primary N) is 1. The quantitative estimate of drug-likeness (QED) is 0.474. The predicted molar refractivity (Wildman–Crippen MR) is 156 cm³/mol. The van der Waals surface area contributed by atoms with Crippen molar-refractivity contribution in [3.05, 3.63) is 29.6 Å². The minimum atomic E-state index is -0.609. The highest BCUT2D eigenvalue weighted by Crippen LogP contribution is 2.38. The van der Waals surface area contributed by atoms with Crippen LogP contribution < -0.4 is 26.0 Å². The molecule has 3 fully saturated rings. The largest absolute Gasteiger partial charge is 0.489 e. The van der Waals surface area contributed by atoms with Crippen LogP contribution >= 0.6 is 0 Å². The molecule has 1 amide bonds. The number of benzene rings is 1. The first kappa shape index (κ1) is 27.0. The zero-order chi connectivity index (χ0) is 27.6. The highest BCUT2D eigenvalue weighted by molar-refractivity contribution is 5.96. The third-order valence-corrected chi connectivity index (χ3v) is 8.78. The van der Waals surface area contributed by atoms with Crippen LogP contribution in [0.4, 0.5) is 23.0 Å². The van der Waals surface area contributed by atoms with Crippen molar-refractivity contribution in [2.75, 3.05) is 75.1 Å². The molecule has 4 aliphatic rings. The number of nitrogens with zero attached hydrogens (tertiary/aromatic N) is 5. The highest BCUT2D eigenvalue weighted by atomic mass is 16.5. The number of amides is 1. The summed E-state index contributed by atoms with van der Waals surface area (Å²) in [4.78, 5) is 29.3. The number of hydrogen-bond acceptors (Lipinski definition) is 10. The molecule has 11 nitrogen and oxygen atoms in total. The second-order valence-electron chi connectivity index (χ2n) is 11.5. The van der Waals surface area contributed by atoms with Gasteiger partial charge in [0.15, 0.2) is 17.3 Å². The molecule has 1 atom stereocenters. The minimum absolute atomic E-state index is 0.137. The van der Waals surface area contributed by atoms with Crippen LogP contribution in [0.3, 0.4) is 0 Å². The number of primary amides is 1. The fraction of sp³-hybridized carbons (Fsp3) is 0.621. The fourth-order valence-corrected chi connectivity index (χ4v) is 6.42. The molecule has 1 unspecified atom stereocenters. The van der Waals surface area contributed by atoms with Gasteiger partial charge >= 0.3 is 0 Å². The normalized spacial score (nSPS) is 22.8. The molecule has 4 aliphatic heterocycles. The Kier molecular flexibility index (Phi) is 7.95. The van der Waals surface area contributed by atoms with Crippen LogP contribution in [0.2, 0.25) is 0 Å². The molecule has 1 aromatic carbocycles. The monoisotopic (exact) mass is 550 g/mol. The number of aryl methyl sites for hydroxylation is 1. The number of rotatable bonds is 7. The zero-order valence-corrected chi connectivity index (χ0v) is 23.7. The zero-order valence-electron chi connectivity index (χ0n) is 23.7. The number of anilines is 4. The van der Waals surface area contributed by atoms with Crippen molar-refractivity contribution >= 4 is 28.9 Å². The van der Waals surface area contributed by atoms with Crippen molar-refractivity contribution in [1.82, 2.24) is 19.8 Å². The summed E-state index contributed by atoms with van der Waals surface area (Å²) in [6.45, 7) is 9.58. The van der Waals surface area contributed by atoms with Gasteiger partial charge in [0.2, 0.25) is 0 Å². The second kappa shape index (κ2) is 11.8. The maximum atomic E-state index is 12.3. The van der Waals surface area contributed by atoms with E-state index in [1.54, 1.807) is 0 Å². The Bertz CT molecular complexity index is 1210. The van der Waals surface area contributed by atoms with Crippen molar-refractivity contribution in [2.45, 2.75) is 57.2 Å². The van der Waals surface area contributed by atoms with Gasteiger partial charge < -0.3 is 35.6 Å². The Labute approximate surface area is 236 Å². The van der Waals surface area contributed by atoms with E-state index in [0.29, 0.717) is 36.7 Å². The van der Waals surface area contributed by atoms with Crippen LogP contribution in [0.25, 0.3) is 0 Å². The lowest BCUT2D eigenvalue weighted by molar-refractivity contribution is 0.0868. The topological polar surface area (TPSA) is 121 Å². The molecule has 4 N–H and O–H groups in total. The Balaban J connectivity index is 1.18. The Morgan fingerprint density at radius 3 is 2.60 bits per heavy atom. The summed E-state index contributed by atoms with van der Waals surface area (Å²) in [5.41, 5.74) is 8.49. The van der Waals surface area contributed by atoms with Gasteiger partial charge in [-0.15, -0.1) is 0 Å². The molecule has 3 saturated heterocycles. The first-order valence-electron chi connectivity index (χ1n) is 14.8. The van der Waals surface area contributed by atoms with Gasteiger partial charge in [-0.1, -0.05) is 6.92 Å². The van der Waals surface area contributed by atoms with Gasteiger partial charge in [-0.05, 0) is 64.4 Å². The maximum absolute atomic E-state index is 12.3. The SMILES string of the molecule is CCc1nc(C(N)=O)c(Nc2ccc3c(c2)OCC2CN(C4CCN(C)CC4)CCN32)nc1NC1CCOCC1. The molecule has 0 radical (unpaired) electrons. The molecule has 0 spiro atoms. The van der Waals surface area contributed by atoms with E-state index in [1.807, 2.05) is 19.1 Å². The molecule has 11 heteroatoms. The molecule has 40 heavy (non-hydrogen) atoms. The van der Waals surface area contributed by atoms with Crippen LogP contribution in [-0.2, 0) is 11.2 Å². The van der Waals surface area contributed by atoms with Crippen LogP contribution in [0.1, 0.15) is 48.8 Å². The molecule has 0 aliphatic carbocycles. The number of piperidine rings is 1. The fourth-order valence-electron chi connectivity index (χ4n) is 6.42. The molecular weight excluding hydrogens is 508 g/mol. The summed E-state index contributed by atoms with van der Waals surface area (Å²) in [6, 6.07) is 7.39. The lowest BCUT2D eigenvalue weighted by atomic mass is 10.00. The van der Waals surface area contributed by atoms with Gasteiger partial charge in [-0.25, -0.2) is 9.97 Å². The first-order valence-corrected chi connectivity index (χ1v) is 14.8. The van der Waals surface area contributed by atoms with Gasteiger partial charge in [-0.2, -0.15) is 0 Å². The van der Waals surface area contributed by atoms with Crippen molar-refractivity contribution in [3.8, 4) is 5.75 Å². The average molecular weight is 551 g/mol. The number of ether oxygens (including phenoxy) is 2.